The van der Waals surface area contributed by atoms with Crippen LogP contribution in [0.15, 0.2) is 0 Å². The maximum atomic E-state index is 8.92. The van der Waals surface area contributed by atoms with E-state index in [4.69, 9.17) is 5.11 Å². The average molecular weight is 160 g/mol. The Labute approximate surface area is 64.6 Å². The Hall–Kier alpha value is 0.390. The van der Waals surface area contributed by atoms with Crippen molar-refractivity contribution in [2.75, 3.05) is 13.0 Å². The first-order valence-electron chi connectivity index (χ1n) is 4.15. The molecule has 1 rings (SSSR count). The van der Waals surface area contributed by atoms with Crippen LogP contribution < -0.4 is 0 Å². The predicted octanol–water partition coefficient (Wildman–Crippen LogP) is 2.38. The molecule has 2 heteroatoms. The normalized spacial score (nSPS) is 24.6. The summed E-state index contributed by atoms with van der Waals surface area (Å²) < 4.78 is 0. The van der Waals surface area contributed by atoms with E-state index in [1.807, 2.05) is 0 Å². The van der Waals surface area contributed by atoms with Gasteiger partial charge in [0.15, 0.2) is 0 Å². The van der Waals surface area contributed by atoms with Crippen molar-refractivity contribution in [3.8, 4) is 0 Å². The zero-order valence-electron chi connectivity index (χ0n) is 6.71. The molecule has 0 aromatic heterocycles. The van der Waals surface area contributed by atoms with Crippen LogP contribution >= 0.6 is 7.92 Å². The van der Waals surface area contributed by atoms with Gasteiger partial charge in [-0.15, -0.1) is 0 Å². The van der Waals surface area contributed by atoms with Crippen molar-refractivity contribution in [1.82, 2.24) is 0 Å². The molecule has 0 saturated heterocycles. The standard InChI is InChI=1S/C8H17OP/c1-10(7-9)8-5-3-2-4-6-8/h8-9H,2-7H2,1H3. The summed E-state index contributed by atoms with van der Waals surface area (Å²) in [5.41, 5.74) is 0.883. The zero-order chi connectivity index (χ0) is 7.40. The van der Waals surface area contributed by atoms with Crippen molar-refractivity contribution in [2.24, 2.45) is 0 Å². The molecule has 1 aliphatic carbocycles. The first kappa shape index (κ1) is 8.49. The van der Waals surface area contributed by atoms with E-state index in [1.165, 1.54) is 32.1 Å². The van der Waals surface area contributed by atoms with E-state index in [0.717, 1.165) is 5.66 Å². The van der Waals surface area contributed by atoms with Crippen molar-refractivity contribution in [3.05, 3.63) is 0 Å². The fraction of sp³-hybridized carbons (Fsp3) is 1.00. The fourth-order valence-corrected chi connectivity index (χ4v) is 3.11. The van der Waals surface area contributed by atoms with Crippen LogP contribution in [0.25, 0.3) is 0 Å². The van der Waals surface area contributed by atoms with E-state index in [-0.39, 0.29) is 7.92 Å². The second-order valence-corrected chi connectivity index (χ2v) is 5.72. The highest BCUT2D eigenvalue weighted by molar-refractivity contribution is 7.57. The molecule has 1 fully saturated rings. The molecule has 0 amide bonds. The summed E-state index contributed by atoms with van der Waals surface area (Å²) in [6.45, 7) is 2.23. The third-order valence-corrected chi connectivity index (χ3v) is 4.63. The van der Waals surface area contributed by atoms with E-state index >= 15 is 0 Å². The number of rotatable bonds is 2. The van der Waals surface area contributed by atoms with Crippen molar-refractivity contribution in [1.29, 1.82) is 0 Å². The quantitative estimate of drug-likeness (QED) is 0.615. The summed E-state index contributed by atoms with van der Waals surface area (Å²) in [7, 11) is -0.0410. The zero-order valence-corrected chi connectivity index (χ0v) is 7.61. The van der Waals surface area contributed by atoms with Gasteiger partial charge in [-0.2, -0.15) is 0 Å². The second-order valence-electron chi connectivity index (χ2n) is 3.19. The third-order valence-electron chi connectivity index (χ3n) is 2.42. The first-order valence-corrected chi connectivity index (χ1v) is 6.20. The highest BCUT2D eigenvalue weighted by Crippen LogP contribution is 2.43. The summed E-state index contributed by atoms with van der Waals surface area (Å²) >= 11 is 0. The lowest BCUT2D eigenvalue weighted by Crippen LogP contribution is -2.11. The molecule has 0 aliphatic heterocycles. The van der Waals surface area contributed by atoms with Gasteiger partial charge in [0.2, 0.25) is 0 Å². The van der Waals surface area contributed by atoms with Gasteiger partial charge in [0.05, 0.1) is 6.35 Å². The van der Waals surface area contributed by atoms with Crippen LogP contribution in [0.1, 0.15) is 32.1 Å². The molecule has 0 heterocycles. The fourth-order valence-electron chi connectivity index (χ4n) is 1.64. The maximum absolute atomic E-state index is 8.92. The Morgan fingerprint density at radius 1 is 1.30 bits per heavy atom. The monoisotopic (exact) mass is 160 g/mol. The molecule has 0 aromatic carbocycles. The highest BCUT2D eigenvalue weighted by atomic mass is 31.1. The largest absolute Gasteiger partial charge is 0.392 e. The lowest BCUT2D eigenvalue weighted by atomic mass is 10.0. The van der Waals surface area contributed by atoms with Gasteiger partial charge in [-0.3, -0.25) is 0 Å². The van der Waals surface area contributed by atoms with Gasteiger partial charge in [0, 0.05) is 0 Å². The average Bonchev–Trinajstić information content (AvgIpc) is 2.05. The molecule has 60 valence electrons. The van der Waals surface area contributed by atoms with Crippen LogP contribution in [0.4, 0.5) is 0 Å². The van der Waals surface area contributed by atoms with Crippen LogP contribution in [0.3, 0.4) is 0 Å². The van der Waals surface area contributed by atoms with Crippen LogP contribution in [0.2, 0.25) is 0 Å². The Morgan fingerprint density at radius 3 is 2.40 bits per heavy atom. The Balaban J connectivity index is 2.24. The molecular formula is C8H17OP. The Kier molecular flexibility index (Phi) is 3.65. The summed E-state index contributed by atoms with van der Waals surface area (Å²) in [5, 5.41) is 8.92. The molecule has 1 aliphatic rings. The summed E-state index contributed by atoms with van der Waals surface area (Å²) in [4.78, 5) is 0. The number of hydrogen-bond acceptors (Lipinski definition) is 1. The molecule has 0 aromatic rings. The van der Waals surface area contributed by atoms with Crippen LogP contribution in [-0.4, -0.2) is 23.8 Å². The molecule has 0 radical (unpaired) electrons. The van der Waals surface area contributed by atoms with E-state index in [1.54, 1.807) is 0 Å². The minimum atomic E-state index is -0.0410. The van der Waals surface area contributed by atoms with Crippen LogP contribution in [0.5, 0.6) is 0 Å². The molecule has 10 heavy (non-hydrogen) atoms. The summed E-state index contributed by atoms with van der Waals surface area (Å²) in [6, 6.07) is 0. The van der Waals surface area contributed by atoms with Crippen LogP contribution in [-0.2, 0) is 0 Å². The third kappa shape index (κ3) is 2.21. The van der Waals surface area contributed by atoms with Gasteiger partial charge in [-0.05, 0) is 25.2 Å². The van der Waals surface area contributed by atoms with Gasteiger partial charge < -0.3 is 5.11 Å². The maximum Gasteiger partial charge on any atom is 0.0624 e. The lowest BCUT2D eigenvalue weighted by molar-refractivity contribution is 0.366. The summed E-state index contributed by atoms with van der Waals surface area (Å²) in [6.07, 6.45) is 7.42. The molecule has 1 unspecified atom stereocenters. The topological polar surface area (TPSA) is 20.2 Å². The Bertz CT molecular complexity index is 89.3. The summed E-state index contributed by atoms with van der Waals surface area (Å²) in [5.74, 6) is 0. The number of aliphatic hydroxyl groups is 1. The SMILES string of the molecule is CP(CO)C1CCCCC1. The predicted molar refractivity (Wildman–Crippen MR) is 46.8 cm³/mol. The van der Waals surface area contributed by atoms with Crippen molar-refractivity contribution in [2.45, 2.75) is 37.8 Å². The first-order chi connectivity index (χ1) is 4.84. The minimum Gasteiger partial charge on any atom is -0.392 e. The van der Waals surface area contributed by atoms with Crippen molar-refractivity contribution in [3.63, 3.8) is 0 Å². The molecule has 1 saturated carbocycles. The molecule has 1 atom stereocenters. The molecule has 0 bridgehead atoms. The smallest absolute Gasteiger partial charge is 0.0624 e. The van der Waals surface area contributed by atoms with E-state index < -0.39 is 0 Å². The highest BCUT2D eigenvalue weighted by Gasteiger charge is 2.18. The van der Waals surface area contributed by atoms with E-state index in [2.05, 4.69) is 6.66 Å². The molecular weight excluding hydrogens is 143 g/mol. The van der Waals surface area contributed by atoms with Crippen LogP contribution in [0, 0.1) is 0 Å². The second kappa shape index (κ2) is 4.31. The minimum absolute atomic E-state index is 0.0410. The van der Waals surface area contributed by atoms with Gasteiger partial charge in [0.1, 0.15) is 0 Å². The van der Waals surface area contributed by atoms with Gasteiger partial charge in [0.25, 0.3) is 0 Å². The van der Waals surface area contributed by atoms with Gasteiger partial charge in [-0.1, -0.05) is 27.2 Å². The molecule has 1 nitrogen and oxygen atoms in total. The number of aliphatic hydroxyl groups excluding tert-OH is 1. The van der Waals surface area contributed by atoms with Crippen molar-refractivity contribution < 1.29 is 5.11 Å². The number of hydrogen-bond donors (Lipinski definition) is 1. The van der Waals surface area contributed by atoms with E-state index in [0.29, 0.717) is 6.35 Å². The Morgan fingerprint density at radius 2 is 1.90 bits per heavy atom. The van der Waals surface area contributed by atoms with E-state index in [9.17, 15) is 0 Å². The molecule has 1 N–H and O–H groups in total. The lowest BCUT2D eigenvalue weighted by Gasteiger charge is -2.26. The van der Waals surface area contributed by atoms with Gasteiger partial charge >= 0.3 is 0 Å². The van der Waals surface area contributed by atoms with Crippen molar-refractivity contribution >= 4 is 7.92 Å². The molecule has 0 spiro atoms. The van der Waals surface area contributed by atoms with Gasteiger partial charge in [-0.25, -0.2) is 0 Å².